The summed E-state index contributed by atoms with van der Waals surface area (Å²) in [6.07, 6.45) is 1.59. The molecule has 1 heterocycles. The number of carbonyl (C=O) groups is 2. The second-order valence-electron chi connectivity index (χ2n) is 5.65. The molecular formula is C12H23N3O2. The van der Waals surface area contributed by atoms with E-state index in [4.69, 9.17) is 5.73 Å². The van der Waals surface area contributed by atoms with Gasteiger partial charge in [-0.05, 0) is 18.3 Å². The topological polar surface area (TPSA) is 75.4 Å². The Morgan fingerprint density at radius 1 is 1.41 bits per heavy atom. The summed E-state index contributed by atoms with van der Waals surface area (Å²) in [5, 5.41) is 2.60. The van der Waals surface area contributed by atoms with Crippen molar-refractivity contribution in [2.24, 2.45) is 11.1 Å². The number of likely N-dealkylation sites (N-methyl/N-ethyl adjacent to an activating group) is 1. The highest BCUT2D eigenvalue weighted by Gasteiger charge is 2.38. The molecule has 0 aliphatic carbocycles. The molecule has 1 unspecified atom stereocenters. The van der Waals surface area contributed by atoms with Crippen LogP contribution in [-0.4, -0.2) is 42.4 Å². The lowest BCUT2D eigenvalue weighted by molar-refractivity contribution is -0.141. The summed E-state index contributed by atoms with van der Waals surface area (Å²) in [5.41, 5.74) is 5.67. The Hall–Kier alpha value is -1.10. The maximum Gasteiger partial charge on any atom is 0.242 e. The van der Waals surface area contributed by atoms with Gasteiger partial charge in [0.25, 0.3) is 0 Å². The molecule has 0 saturated carbocycles. The Morgan fingerprint density at radius 3 is 2.47 bits per heavy atom. The van der Waals surface area contributed by atoms with Gasteiger partial charge in [0.15, 0.2) is 0 Å². The molecule has 0 aromatic heterocycles. The van der Waals surface area contributed by atoms with Crippen molar-refractivity contribution in [3.63, 3.8) is 0 Å². The molecule has 0 aromatic carbocycles. The number of nitrogens with two attached hydrogens (primary N) is 1. The summed E-state index contributed by atoms with van der Waals surface area (Å²) < 4.78 is 0. The number of carbonyl (C=O) groups excluding carboxylic acids is 2. The first-order valence-electron chi connectivity index (χ1n) is 6.06. The van der Waals surface area contributed by atoms with Crippen LogP contribution in [-0.2, 0) is 9.59 Å². The molecule has 5 nitrogen and oxygen atoms in total. The highest BCUT2D eigenvalue weighted by molar-refractivity contribution is 5.90. The van der Waals surface area contributed by atoms with Crippen molar-refractivity contribution in [2.75, 3.05) is 13.6 Å². The molecule has 3 N–H and O–H groups in total. The zero-order valence-electron chi connectivity index (χ0n) is 11.1. The largest absolute Gasteiger partial charge is 0.357 e. The highest BCUT2D eigenvalue weighted by atomic mass is 16.2. The molecule has 1 saturated heterocycles. The molecule has 98 valence electrons. The highest BCUT2D eigenvalue weighted by Crippen LogP contribution is 2.24. The average molecular weight is 241 g/mol. The zero-order chi connectivity index (χ0) is 13.2. The number of likely N-dealkylation sites (tertiary alicyclic amines) is 1. The van der Waals surface area contributed by atoms with Gasteiger partial charge in [-0.1, -0.05) is 20.8 Å². The number of nitrogens with zero attached hydrogens (tertiary/aromatic N) is 1. The predicted octanol–water partition coefficient (Wildman–Crippen LogP) is 0.0968. The van der Waals surface area contributed by atoms with Crippen LogP contribution in [0.2, 0.25) is 0 Å². The Kier molecular flexibility index (Phi) is 4.14. The fourth-order valence-electron chi connectivity index (χ4n) is 2.02. The second kappa shape index (κ2) is 5.04. The third-order valence-electron chi connectivity index (χ3n) is 3.28. The van der Waals surface area contributed by atoms with Gasteiger partial charge >= 0.3 is 0 Å². The Morgan fingerprint density at radius 2 is 2.00 bits per heavy atom. The van der Waals surface area contributed by atoms with E-state index in [1.165, 1.54) is 0 Å². The Labute approximate surface area is 103 Å². The van der Waals surface area contributed by atoms with E-state index in [1.807, 2.05) is 20.8 Å². The van der Waals surface area contributed by atoms with Crippen molar-refractivity contribution in [2.45, 2.75) is 45.7 Å². The van der Waals surface area contributed by atoms with E-state index >= 15 is 0 Å². The fourth-order valence-corrected chi connectivity index (χ4v) is 2.02. The lowest BCUT2D eigenvalue weighted by Gasteiger charge is -2.32. The monoisotopic (exact) mass is 241 g/mol. The molecule has 1 rings (SSSR count). The van der Waals surface area contributed by atoms with Crippen molar-refractivity contribution < 1.29 is 9.59 Å². The van der Waals surface area contributed by atoms with Crippen LogP contribution in [0, 0.1) is 5.41 Å². The molecule has 1 aliphatic rings. The quantitative estimate of drug-likeness (QED) is 0.720. The molecule has 5 heteroatoms. The van der Waals surface area contributed by atoms with E-state index in [-0.39, 0.29) is 23.3 Å². The molecule has 0 aromatic rings. The Balaban J connectivity index is 2.78. The summed E-state index contributed by atoms with van der Waals surface area (Å²) in [6, 6.07) is -0.909. The van der Waals surface area contributed by atoms with Gasteiger partial charge in [0.1, 0.15) is 6.04 Å². The van der Waals surface area contributed by atoms with Gasteiger partial charge in [-0.15, -0.1) is 0 Å². The molecule has 2 atom stereocenters. The summed E-state index contributed by atoms with van der Waals surface area (Å²) in [7, 11) is 1.59. The van der Waals surface area contributed by atoms with Crippen molar-refractivity contribution in [3.05, 3.63) is 0 Å². The molecule has 1 aliphatic heterocycles. The number of hydrogen-bond donors (Lipinski definition) is 2. The van der Waals surface area contributed by atoms with E-state index in [9.17, 15) is 9.59 Å². The van der Waals surface area contributed by atoms with Crippen molar-refractivity contribution in [3.8, 4) is 0 Å². The molecule has 2 amide bonds. The fraction of sp³-hybridized carbons (Fsp3) is 0.833. The first-order chi connectivity index (χ1) is 7.79. The first kappa shape index (κ1) is 14.0. The number of rotatable bonds is 2. The summed E-state index contributed by atoms with van der Waals surface area (Å²) in [4.78, 5) is 25.5. The van der Waals surface area contributed by atoms with Gasteiger partial charge in [0, 0.05) is 13.6 Å². The normalized spacial score (nSPS) is 22.4. The molecule has 17 heavy (non-hydrogen) atoms. The van der Waals surface area contributed by atoms with E-state index in [0.717, 1.165) is 12.8 Å². The van der Waals surface area contributed by atoms with Crippen molar-refractivity contribution >= 4 is 11.8 Å². The second-order valence-corrected chi connectivity index (χ2v) is 5.65. The summed E-state index contributed by atoms with van der Waals surface area (Å²) in [6.45, 7) is 6.42. The van der Waals surface area contributed by atoms with Crippen LogP contribution in [0.1, 0.15) is 33.6 Å². The van der Waals surface area contributed by atoms with Crippen LogP contribution >= 0.6 is 0 Å². The van der Waals surface area contributed by atoms with Crippen molar-refractivity contribution in [1.29, 1.82) is 0 Å². The molecule has 1 fully saturated rings. The van der Waals surface area contributed by atoms with Crippen LogP contribution in [0.25, 0.3) is 0 Å². The third-order valence-corrected chi connectivity index (χ3v) is 3.28. The molecule has 0 radical (unpaired) electrons. The minimum absolute atomic E-state index is 0.100. The summed E-state index contributed by atoms with van der Waals surface area (Å²) >= 11 is 0. The maximum absolute atomic E-state index is 12.2. The Bertz CT molecular complexity index is 309. The smallest absolute Gasteiger partial charge is 0.242 e. The van der Waals surface area contributed by atoms with Crippen LogP contribution in [0.3, 0.4) is 0 Å². The van der Waals surface area contributed by atoms with Gasteiger partial charge in [-0.25, -0.2) is 0 Å². The van der Waals surface area contributed by atoms with E-state index in [2.05, 4.69) is 5.32 Å². The third kappa shape index (κ3) is 2.97. The van der Waals surface area contributed by atoms with Crippen LogP contribution < -0.4 is 11.1 Å². The van der Waals surface area contributed by atoms with Gasteiger partial charge in [0.2, 0.25) is 11.8 Å². The SMILES string of the molecule is CNC(=O)C1CCCN1C(=O)[C@H](N)C(C)(C)C. The van der Waals surface area contributed by atoms with Crippen molar-refractivity contribution in [1.82, 2.24) is 10.2 Å². The van der Waals surface area contributed by atoms with Gasteiger partial charge < -0.3 is 16.0 Å². The molecular weight excluding hydrogens is 218 g/mol. The van der Waals surface area contributed by atoms with Gasteiger partial charge in [-0.3, -0.25) is 9.59 Å². The molecule has 0 bridgehead atoms. The zero-order valence-corrected chi connectivity index (χ0v) is 11.1. The van der Waals surface area contributed by atoms with E-state index in [0.29, 0.717) is 6.54 Å². The standard InChI is InChI=1S/C12H23N3O2/c1-12(2,3)9(13)11(17)15-7-5-6-8(15)10(16)14-4/h8-9H,5-7,13H2,1-4H3,(H,14,16)/t8?,9-/m0/s1. The van der Waals surface area contributed by atoms with Crippen LogP contribution in [0.4, 0.5) is 0 Å². The van der Waals surface area contributed by atoms with Crippen LogP contribution in [0.15, 0.2) is 0 Å². The van der Waals surface area contributed by atoms with E-state index in [1.54, 1.807) is 11.9 Å². The number of nitrogens with one attached hydrogen (secondary N) is 1. The number of amides is 2. The number of hydrogen-bond acceptors (Lipinski definition) is 3. The lowest BCUT2D eigenvalue weighted by atomic mass is 9.86. The maximum atomic E-state index is 12.2. The van der Waals surface area contributed by atoms with E-state index < -0.39 is 6.04 Å². The minimum Gasteiger partial charge on any atom is -0.357 e. The summed E-state index contributed by atoms with van der Waals surface area (Å²) in [5.74, 6) is -0.222. The van der Waals surface area contributed by atoms with Crippen LogP contribution in [0.5, 0.6) is 0 Å². The van der Waals surface area contributed by atoms with Gasteiger partial charge in [0.05, 0.1) is 6.04 Å². The minimum atomic E-state index is -0.562. The lowest BCUT2D eigenvalue weighted by Crippen LogP contribution is -2.54. The molecule has 0 spiro atoms. The average Bonchev–Trinajstić information content (AvgIpc) is 2.73. The van der Waals surface area contributed by atoms with Gasteiger partial charge in [-0.2, -0.15) is 0 Å². The predicted molar refractivity (Wildman–Crippen MR) is 66.2 cm³/mol. The first-order valence-corrected chi connectivity index (χ1v) is 6.06.